The van der Waals surface area contributed by atoms with Crippen LogP contribution in [0.3, 0.4) is 0 Å². The number of hydrogen-bond donors (Lipinski definition) is 1. The second-order valence-electron chi connectivity index (χ2n) is 3.83. The molecule has 1 aromatic heterocycles. The van der Waals surface area contributed by atoms with E-state index in [0.29, 0.717) is 19.7 Å². The molecule has 1 N–H and O–H groups in total. The number of aliphatic hydroxyl groups is 1. The number of rotatable bonds is 3. The van der Waals surface area contributed by atoms with E-state index in [-0.39, 0.29) is 0 Å². The number of ether oxygens (including phenoxy) is 1. The third-order valence-corrected chi connectivity index (χ3v) is 2.85. The van der Waals surface area contributed by atoms with Crippen LogP contribution in [0.2, 0.25) is 0 Å². The van der Waals surface area contributed by atoms with Gasteiger partial charge in [0.2, 0.25) is 0 Å². The van der Waals surface area contributed by atoms with Crippen molar-refractivity contribution in [1.82, 2.24) is 4.98 Å². The maximum Gasteiger partial charge on any atom is 0.130 e. The number of aromatic nitrogens is 1. The Morgan fingerprint density at radius 3 is 2.93 bits per heavy atom. The van der Waals surface area contributed by atoms with E-state index in [9.17, 15) is 5.11 Å². The van der Waals surface area contributed by atoms with Crippen molar-refractivity contribution in [3.05, 3.63) is 22.8 Å². The molecule has 0 bridgehead atoms. The number of nitrogens with zero attached hydrogens (tertiary/aromatic N) is 2. The highest BCUT2D eigenvalue weighted by Crippen LogP contribution is 2.27. The van der Waals surface area contributed by atoms with Gasteiger partial charge in [0.15, 0.2) is 0 Å². The highest BCUT2D eigenvalue weighted by Gasteiger charge is 2.41. The number of hydrogen-bond acceptors (Lipinski definition) is 4. The molecule has 82 valence electrons. The Balaban J connectivity index is 2.00. The Morgan fingerprint density at radius 1 is 1.60 bits per heavy atom. The van der Waals surface area contributed by atoms with E-state index in [1.54, 1.807) is 7.11 Å². The number of halogens is 1. The molecule has 0 unspecified atom stereocenters. The predicted octanol–water partition coefficient (Wildman–Crippen LogP) is 1.04. The van der Waals surface area contributed by atoms with Gasteiger partial charge in [-0.1, -0.05) is 6.07 Å². The van der Waals surface area contributed by atoms with Crippen molar-refractivity contribution < 1.29 is 9.84 Å². The maximum atomic E-state index is 9.90. The van der Waals surface area contributed by atoms with Crippen LogP contribution in [0.1, 0.15) is 0 Å². The highest BCUT2D eigenvalue weighted by molar-refractivity contribution is 9.10. The second kappa shape index (κ2) is 4.08. The van der Waals surface area contributed by atoms with Crippen LogP contribution >= 0.6 is 15.9 Å². The number of methoxy groups -OCH3 is 1. The Hall–Kier alpha value is -0.650. The molecule has 0 aliphatic carbocycles. The van der Waals surface area contributed by atoms with Gasteiger partial charge in [-0.25, -0.2) is 4.98 Å². The van der Waals surface area contributed by atoms with E-state index in [1.807, 2.05) is 23.1 Å². The van der Waals surface area contributed by atoms with Gasteiger partial charge in [0.1, 0.15) is 16.0 Å². The Labute approximate surface area is 97.0 Å². The van der Waals surface area contributed by atoms with Crippen LogP contribution in [0.4, 0.5) is 5.82 Å². The third kappa shape index (κ3) is 2.30. The summed E-state index contributed by atoms with van der Waals surface area (Å²) in [6, 6.07) is 5.74. The van der Waals surface area contributed by atoms with Gasteiger partial charge in [-0.3, -0.25) is 0 Å². The normalized spacial score (nSPS) is 18.7. The molecule has 1 aromatic rings. The topological polar surface area (TPSA) is 45.6 Å². The van der Waals surface area contributed by atoms with Crippen LogP contribution < -0.4 is 4.90 Å². The summed E-state index contributed by atoms with van der Waals surface area (Å²) in [5.74, 6) is 0.880. The monoisotopic (exact) mass is 272 g/mol. The average Bonchev–Trinajstić information content (AvgIpc) is 2.14. The molecule has 0 saturated carbocycles. The van der Waals surface area contributed by atoms with Gasteiger partial charge in [-0.2, -0.15) is 0 Å². The molecule has 1 aliphatic rings. The molecule has 15 heavy (non-hydrogen) atoms. The first-order chi connectivity index (χ1) is 7.13. The molecule has 1 aliphatic heterocycles. The largest absolute Gasteiger partial charge is 0.384 e. The summed E-state index contributed by atoms with van der Waals surface area (Å²) in [6.45, 7) is 1.52. The fraction of sp³-hybridized carbons (Fsp3) is 0.500. The van der Waals surface area contributed by atoms with Crippen molar-refractivity contribution in [2.75, 3.05) is 31.7 Å². The van der Waals surface area contributed by atoms with Crippen LogP contribution in [0.5, 0.6) is 0 Å². The lowest BCUT2D eigenvalue weighted by Crippen LogP contribution is -2.64. The number of anilines is 1. The Bertz CT molecular complexity index is 353. The number of β-amino-alcohol motifs (C(OH)–C–C–N with tert-alkyl or cyclic N) is 1. The minimum Gasteiger partial charge on any atom is -0.384 e. The second-order valence-corrected chi connectivity index (χ2v) is 4.64. The van der Waals surface area contributed by atoms with Crippen LogP contribution in [0.15, 0.2) is 22.8 Å². The minimum absolute atomic E-state index is 0.373. The zero-order chi connectivity index (χ0) is 10.9. The molecule has 2 rings (SSSR count). The van der Waals surface area contributed by atoms with Gasteiger partial charge in [-0.15, -0.1) is 0 Å². The lowest BCUT2D eigenvalue weighted by atomic mass is 9.95. The summed E-state index contributed by atoms with van der Waals surface area (Å²) < 4.78 is 5.76. The summed E-state index contributed by atoms with van der Waals surface area (Å²) in [6.07, 6.45) is 0. The van der Waals surface area contributed by atoms with Crippen molar-refractivity contribution in [3.8, 4) is 0 Å². The van der Waals surface area contributed by atoms with Crippen molar-refractivity contribution in [2.24, 2.45) is 0 Å². The molecule has 0 spiro atoms. The third-order valence-electron chi connectivity index (χ3n) is 2.41. The first kappa shape index (κ1) is 10.9. The fourth-order valence-electron chi connectivity index (χ4n) is 1.76. The lowest BCUT2D eigenvalue weighted by Gasteiger charge is -2.46. The maximum absolute atomic E-state index is 9.90. The summed E-state index contributed by atoms with van der Waals surface area (Å²) in [4.78, 5) is 6.33. The molecular weight excluding hydrogens is 260 g/mol. The van der Waals surface area contributed by atoms with E-state index in [1.165, 1.54) is 0 Å². The van der Waals surface area contributed by atoms with Crippen molar-refractivity contribution in [2.45, 2.75) is 5.60 Å². The van der Waals surface area contributed by atoms with Crippen LogP contribution in [0.25, 0.3) is 0 Å². The summed E-state index contributed by atoms with van der Waals surface area (Å²) >= 11 is 3.32. The SMILES string of the molecule is COCC1(O)CN(c2cccc(Br)n2)C1. The Kier molecular flexibility index (Phi) is 2.95. The zero-order valence-electron chi connectivity index (χ0n) is 8.48. The average molecular weight is 273 g/mol. The van der Waals surface area contributed by atoms with Gasteiger partial charge >= 0.3 is 0 Å². The highest BCUT2D eigenvalue weighted by atomic mass is 79.9. The summed E-state index contributed by atoms with van der Waals surface area (Å²) in [7, 11) is 1.60. The van der Waals surface area contributed by atoms with Crippen LogP contribution in [-0.4, -0.2) is 42.5 Å². The predicted molar refractivity (Wildman–Crippen MR) is 61.0 cm³/mol. The molecule has 0 amide bonds. The summed E-state index contributed by atoms with van der Waals surface area (Å²) in [5.41, 5.74) is -0.710. The molecule has 1 fully saturated rings. The molecule has 0 radical (unpaired) electrons. The van der Waals surface area contributed by atoms with Gasteiger partial charge in [0.05, 0.1) is 19.7 Å². The van der Waals surface area contributed by atoms with Gasteiger partial charge in [0, 0.05) is 7.11 Å². The van der Waals surface area contributed by atoms with Crippen LogP contribution in [-0.2, 0) is 4.74 Å². The number of pyridine rings is 1. The smallest absolute Gasteiger partial charge is 0.130 e. The van der Waals surface area contributed by atoms with E-state index in [2.05, 4.69) is 20.9 Å². The fourth-order valence-corrected chi connectivity index (χ4v) is 2.09. The molecule has 5 heteroatoms. The quantitative estimate of drug-likeness (QED) is 0.836. The molecule has 2 heterocycles. The van der Waals surface area contributed by atoms with E-state index >= 15 is 0 Å². The first-order valence-corrected chi connectivity index (χ1v) is 5.51. The van der Waals surface area contributed by atoms with Gasteiger partial charge in [0.25, 0.3) is 0 Å². The standard InChI is InChI=1S/C10H13BrN2O2/c1-15-7-10(14)5-13(6-10)9-4-2-3-8(11)12-9/h2-4,14H,5-7H2,1H3. The zero-order valence-corrected chi connectivity index (χ0v) is 10.1. The molecule has 1 saturated heterocycles. The molecule has 0 atom stereocenters. The molecular formula is C10H13BrN2O2. The molecule has 0 aromatic carbocycles. The van der Waals surface area contributed by atoms with Crippen molar-refractivity contribution >= 4 is 21.7 Å². The Morgan fingerprint density at radius 2 is 2.33 bits per heavy atom. The molecule has 4 nitrogen and oxygen atoms in total. The van der Waals surface area contributed by atoms with E-state index < -0.39 is 5.60 Å². The van der Waals surface area contributed by atoms with E-state index in [4.69, 9.17) is 4.74 Å². The van der Waals surface area contributed by atoms with Gasteiger partial charge in [-0.05, 0) is 28.1 Å². The first-order valence-electron chi connectivity index (χ1n) is 4.72. The van der Waals surface area contributed by atoms with Crippen molar-refractivity contribution in [1.29, 1.82) is 0 Å². The van der Waals surface area contributed by atoms with Crippen molar-refractivity contribution in [3.63, 3.8) is 0 Å². The van der Waals surface area contributed by atoms with E-state index in [0.717, 1.165) is 10.4 Å². The van der Waals surface area contributed by atoms with Gasteiger partial charge < -0.3 is 14.7 Å². The minimum atomic E-state index is -0.710. The summed E-state index contributed by atoms with van der Waals surface area (Å²) in [5, 5.41) is 9.90. The lowest BCUT2D eigenvalue weighted by molar-refractivity contribution is -0.0506. The van der Waals surface area contributed by atoms with Crippen LogP contribution in [0, 0.1) is 0 Å².